The molecule has 0 aliphatic carbocycles. The van der Waals surface area contributed by atoms with E-state index in [4.69, 9.17) is 5.73 Å². The molecule has 2 amide bonds. The number of nitrogens with two attached hydrogens (primary N) is 1. The quantitative estimate of drug-likeness (QED) is 0.749. The summed E-state index contributed by atoms with van der Waals surface area (Å²) in [6.45, 7) is -0.558. The molecule has 0 aliphatic rings. The van der Waals surface area contributed by atoms with Gasteiger partial charge in [0.1, 0.15) is 0 Å². The number of hydrogen-bond acceptors (Lipinski definition) is 3. The Balaban J connectivity index is 0.00000400. The maximum absolute atomic E-state index is 12.5. The van der Waals surface area contributed by atoms with E-state index in [-0.39, 0.29) is 32.0 Å². The Morgan fingerprint density at radius 3 is 2.38 bits per heavy atom. The first-order valence-corrected chi connectivity index (χ1v) is 5.72. The summed E-state index contributed by atoms with van der Waals surface area (Å²) in [5.74, 6) is -0.997. The summed E-state index contributed by atoms with van der Waals surface area (Å²) in [5.41, 5.74) is 4.57. The summed E-state index contributed by atoms with van der Waals surface area (Å²) in [5, 5.41) is 4.64. The molecule has 0 spiro atoms. The molecule has 5 nitrogen and oxygen atoms in total. The number of alkyl halides is 3. The number of amides is 2. The Bertz CT molecular complexity index is 495. The van der Waals surface area contributed by atoms with Crippen molar-refractivity contribution in [2.24, 2.45) is 5.73 Å². The molecule has 0 radical (unpaired) electrons. The number of rotatable bonds is 5. The molecule has 0 heterocycles. The second-order valence-electron chi connectivity index (χ2n) is 3.96. The van der Waals surface area contributed by atoms with Crippen molar-refractivity contribution in [1.82, 2.24) is 10.6 Å². The van der Waals surface area contributed by atoms with Crippen molar-refractivity contribution in [2.75, 3.05) is 13.1 Å². The van der Waals surface area contributed by atoms with E-state index in [1.54, 1.807) is 0 Å². The highest BCUT2D eigenvalue weighted by molar-refractivity contribution is 5.85. The molecule has 0 atom stereocenters. The van der Waals surface area contributed by atoms with Crippen molar-refractivity contribution in [3.63, 3.8) is 0 Å². The Kier molecular flexibility index (Phi) is 7.75. The van der Waals surface area contributed by atoms with Gasteiger partial charge in [0.15, 0.2) is 0 Å². The molecular formula is C12H15ClF3N3O2. The molecule has 1 aromatic rings. The summed E-state index contributed by atoms with van der Waals surface area (Å²) < 4.78 is 37.4. The Morgan fingerprint density at radius 2 is 1.81 bits per heavy atom. The van der Waals surface area contributed by atoms with Crippen LogP contribution >= 0.6 is 12.4 Å². The van der Waals surface area contributed by atoms with E-state index >= 15 is 0 Å². The Labute approximate surface area is 125 Å². The summed E-state index contributed by atoms with van der Waals surface area (Å²) in [6, 6.07) is 4.64. The van der Waals surface area contributed by atoms with Gasteiger partial charge in [-0.2, -0.15) is 13.2 Å². The third-order valence-electron chi connectivity index (χ3n) is 2.38. The van der Waals surface area contributed by atoms with Gasteiger partial charge in [0.25, 0.3) is 0 Å². The lowest BCUT2D eigenvalue weighted by molar-refractivity contribution is -0.137. The summed E-state index contributed by atoms with van der Waals surface area (Å²) in [4.78, 5) is 22.1. The predicted molar refractivity (Wildman–Crippen MR) is 72.6 cm³/mol. The molecule has 0 unspecified atom stereocenters. The fourth-order valence-corrected chi connectivity index (χ4v) is 1.37. The van der Waals surface area contributed by atoms with Crippen LogP contribution in [0.25, 0.3) is 0 Å². The molecule has 0 aromatic heterocycles. The van der Waals surface area contributed by atoms with Crippen molar-refractivity contribution < 1.29 is 22.8 Å². The zero-order chi connectivity index (χ0) is 15.2. The molecule has 4 N–H and O–H groups in total. The van der Waals surface area contributed by atoms with Crippen molar-refractivity contribution >= 4 is 24.2 Å². The maximum Gasteiger partial charge on any atom is 0.416 e. The number of carbonyl (C=O) groups excluding carboxylic acids is 2. The molecule has 1 aromatic carbocycles. The lowest BCUT2D eigenvalue weighted by Gasteiger charge is -2.10. The van der Waals surface area contributed by atoms with Gasteiger partial charge in [0.2, 0.25) is 11.8 Å². The van der Waals surface area contributed by atoms with Crippen LogP contribution in [0.3, 0.4) is 0 Å². The Morgan fingerprint density at radius 1 is 1.14 bits per heavy atom. The van der Waals surface area contributed by atoms with Crippen molar-refractivity contribution in [1.29, 1.82) is 0 Å². The fraction of sp³-hybridized carbons (Fsp3) is 0.333. The van der Waals surface area contributed by atoms with Crippen LogP contribution in [0.15, 0.2) is 24.3 Å². The third-order valence-corrected chi connectivity index (χ3v) is 2.38. The van der Waals surface area contributed by atoms with Gasteiger partial charge in [-0.15, -0.1) is 12.4 Å². The highest BCUT2D eigenvalue weighted by atomic mass is 35.5. The van der Waals surface area contributed by atoms with Gasteiger partial charge in [-0.3, -0.25) is 9.59 Å². The minimum atomic E-state index is -4.42. The van der Waals surface area contributed by atoms with Gasteiger partial charge in [0, 0.05) is 6.54 Å². The highest BCUT2D eigenvalue weighted by Gasteiger charge is 2.30. The van der Waals surface area contributed by atoms with E-state index in [1.165, 1.54) is 12.1 Å². The first-order chi connectivity index (χ1) is 9.32. The number of carbonyl (C=O) groups is 2. The maximum atomic E-state index is 12.5. The smallest absolute Gasteiger partial charge is 0.350 e. The zero-order valence-electron chi connectivity index (χ0n) is 10.9. The van der Waals surface area contributed by atoms with E-state index < -0.39 is 23.6 Å². The molecule has 0 bridgehead atoms. The molecule has 9 heteroatoms. The van der Waals surface area contributed by atoms with Gasteiger partial charge in [-0.05, 0) is 17.7 Å². The summed E-state index contributed by atoms with van der Waals surface area (Å²) in [7, 11) is 0. The average molecular weight is 326 g/mol. The van der Waals surface area contributed by atoms with Crippen molar-refractivity contribution in [2.45, 2.75) is 12.7 Å². The van der Waals surface area contributed by atoms with Gasteiger partial charge in [0.05, 0.1) is 18.7 Å². The van der Waals surface area contributed by atoms with Gasteiger partial charge < -0.3 is 16.4 Å². The molecule has 0 fully saturated rings. The van der Waals surface area contributed by atoms with Gasteiger partial charge >= 0.3 is 6.18 Å². The van der Waals surface area contributed by atoms with Crippen LogP contribution in [-0.2, 0) is 22.3 Å². The fourth-order valence-electron chi connectivity index (χ4n) is 1.37. The van der Waals surface area contributed by atoms with Gasteiger partial charge in [-0.1, -0.05) is 12.1 Å². The zero-order valence-corrected chi connectivity index (χ0v) is 11.7. The highest BCUT2D eigenvalue weighted by Crippen LogP contribution is 2.29. The first-order valence-electron chi connectivity index (χ1n) is 5.72. The summed E-state index contributed by atoms with van der Waals surface area (Å²) >= 11 is 0. The van der Waals surface area contributed by atoms with Crippen LogP contribution in [0.5, 0.6) is 0 Å². The largest absolute Gasteiger partial charge is 0.416 e. The topological polar surface area (TPSA) is 84.2 Å². The van der Waals surface area contributed by atoms with E-state index in [0.717, 1.165) is 12.1 Å². The molecule has 1 rings (SSSR count). The standard InChI is InChI=1S/C12H14F3N3O2.ClH/c13-12(14,15)9-3-1-2-8(4-9)6-17-11(20)7-18-10(19)5-16;/h1-4H,5-7,16H2,(H,17,20)(H,18,19);1H. The summed E-state index contributed by atoms with van der Waals surface area (Å²) in [6.07, 6.45) is -4.42. The van der Waals surface area contributed by atoms with Crippen LogP contribution in [0.2, 0.25) is 0 Å². The van der Waals surface area contributed by atoms with Crippen LogP contribution in [0.4, 0.5) is 13.2 Å². The molecule has 0 saturated carbocycles. The predicted octanol–water partition coefficient (Wildman–Crippen LogP) is 0.818. The van der Waals surface area contributed by atoms with Crippen molar-refractivity contribution in [3.8, 4) is 0 Å². The van der Waals surface area contributed by atoms with Crippen LogP contribution in [-0.4, -0.2) is 24.9 Å². The Hall–Kier alpha value is -1.80. The molecule has 0 aliphatic heterocycles. The molecular weight excluding hydrogens is 311 g/mol. The normalized spacial score (nSPS) is 10.5. The van der Waals surface area contributed by atoms with Crippen LogP contribution < -0.4 is 16.4 Å². The van der Waals surface area contributed by atoms with Crippen LogP contribution in [0, 0.1) is 0 Å². The average Bonchev–Trinajstić information content (AvgIpc) is 2.41. The van der Waals surface area contributed by atoms with Crippen molar-refractivity contribution in [3.05, 3.63) is 35.4 Å². The lowest BCUT2D eigenvalue weighted by atomic mass is 10.1. The second kappa shape index (κ2) is 8.48. The SMILES string of the molecule is Cl.NCC(=O)NCC(=O)NCc1cccc(C(F)(F)F)c1. The lowest BCUT2D eigenvalue weighted by Crippen LogP contribution is -2.39. The minimum absolute atomic E-state index is 0. The molecule has 21 heavy (non-hydrogen) atoms. The minimum Gasteiger partial charge on any atom is -0.350 e. The number of hydrogen-bond donors (Lipinski definition) is 3. The van der Waals surface area contributed by atoms with E-state index in [2.05, 4.69) is 10.6 Å². The second-order valence-corrected chi connectivity index (χ2v) is 3.96. The number of benzene rings is 1. The molecule has 0 saturated heterocycles. The van der Waals surface area contributed by atoms with E-state index in [0.29, 0.717) is 5.56 Å². The molecule has 118 valence electrons. The number of halogens is 4. The van der Waals surface area contributed by atoms with Crippen LogP contribution in [0.1, 0.15) is 11.1 Å². The van der Waals surface area contributed by atoms with Gasteiger partial charge in [-0.25, -0.2) is 0 Å². The van der Waals surface area contributed by atoms with E-state index in [9.17, 15) is 22.8 Å². The first kappa shape index (κ1) is 19.2. The monoisotopic (exact) mass is 325 g/mol. The third kappa shape index (κ3) is 6.96. The van der Waals surface area contributed by atoms with E-state index in [1.807, 2.05) is 0 Å². The number of nitrogens with one attached hydrogen (secondary N) is 2.